The van der Waals surface area contributed by atoms with Crippen molar-refractivity contribution in [3.8, 4) is 0 Å². The summed E-state index contributed by atoms with van der Waals surface area (Å²) in [6.45, 7) is 12.0. The molecule has 0 rings (SSSR count). The van der Waals surface area contributed by atoms with Gasteiger partial charge in [-0.3, -0.25) is 14.4 Å². The van der Waals surface area contributed by atoms with Crippen molar-refractivity contribution in [3.63, 3.8) is 0 Å². The van der Waals surface area contributed by atoms with Crippen LogP contribution in [0.4, 0.5) is 0 Å². The van der Waals surface area contributed by atoms with Gasteiger partial charge in [-0.25, -0.2) is 0 Å². The van der Waals surface area contributed by atoms with Crippen molar-refractivity contribution in [2.24, 2.45) is 0 Å². The van der Waals surface area contributed by atoms with Crippen molar-refractivity contribution in [1.82, 2.24) is 10.4 Å². The minimum Gasteiger partial charge on any atom is -0.462 e. The molecule has 0 bridgehead atoms. The van der Waals surface area contributed by atoms with Gasteiger partial charge in [-0.15, -0.1) is 0 Å². The van der Waals surface area contributed by atoms with E-state index in [-0.39, 0.29) is 36.4 Å². The standard InChI is InChI=1S/C49H98N2O5/c1-7-9-11-13-15-17-19-21-23-25-27-29-31-33-35-37-40-46(39-36-34-32-30-28-26-24-22-20-18-16-14-12-10-8-2)56-48(53)42-41-47(52)50-43-38-44-55-51(6)45-54-49(3,4)5/h46H,7-45H2,1-6H3,(H,50,52). The molecule has 0 spiro atoms. The number of hydrogen-bond acceptors (Lipinski definition) is 6. The van der Waals surface area contributed by atoms with Crippen molar-refractivity contribution in [2.45, 2.75) is 277 Å². The third-order valence-electron chi connectivity index (χ3n) is 11.0. The van der Waals surface area contributed by atoms with E-state index >= 15 is 0 Å². The molecule has 1 atom stereocenters. The highest BCUT2D eigenvalue weighted by Crippen LogP contribution is 2.19. The quantitative estimate of drug-likeness (QED) is 0.0286. The zero-order valence-corrected chi connectivity index (χ0v) is 38.6. The molecule has 0 saturated heterocycles. The lowest BCUT2D eigenvalue weighted by atomic mass is 10.0. The van der Waals surface area contributed by atoms with E-state index in [0.29, 0.717) is 26.3 Å². The summed E-state index contributed by atoms with van der Waals surface area (Å²) in [7, 11) is 1.84. The maximum absolute atomic E-state index is 12.8. The molecule has 0 aliphatic rings. The lowest BCUT2D eigenvalue weighted by molar-refractivity contribution is -0.213. The van der Waals surface area contributed by atoms with Crippen LogP contribution in [0.5, 0.6) is 0 Å². The van der Waals surface area contributed by atoms with Crippen molar-refractivity contribution in [2.75, 3.05) is 26.9 Å². The number of nitrogens with zero attached hydrogens (tertiary/aromatic N) is 1. The van der Waals surface area contributed by atoms with Gasteiger partial charge in [0, 0.05) is 20.0 Å². The Bertz CT molecular complexity index is 832. The predicted molar refractivity (Wildman–Crippen MR) is 240 cm³/mol. The smallest absolute Gasteiger partial charge is 0.306 e. The maximum Gasteiger partial charge on any atom is 0.306 e. The summed E-state index contributed by atoms with van der Waals surface area (Å²) in [5, 5.41) is 4.58. The highest BCUT2D eigenvalue weighted by atomic mass is 16.7. The molecule has 7 nitrogen and oxygen atoms in total. The fourth-order valence-electron chi connectivity index (χ4n) is 7.32. The van der Waals surface area contributed by atoms with Gasteiger partial charge in [0.2, 0.25) is 5.91 Å². The highest BCUT2D eigenvalue weighted by molar-refractivity contribution is 5.81. The molecule has 0 aromatic rings. The Balaban J connectivity index is 4.25. The number of unbranched alkanes of at least 4 members (excludes halogenated alkanes) is 29. The maximum atomic E-state index is 12.8. The van der Waals surface area contributed by atoms with Crippen LogP contribution in [0.25, 0.3) is 0 Å². The first-order chi connectivity index (χ1) is 27.2. The molecular formula is C49H98N2O5. The van der Waals surface area contributed by atoms with Crippen LogP contribution in [-0.4, -0.2) is 55.6 Å². The molecule has 1 unspecified atom stereocenters. The molecule has 56 heavy (non-hydrogen) atoms. The third kappa shape index (κ3) is 43.9. The zero-order chi connectivity index (χ0) is 41.2. The summed E-state index contributed by atoms with van der Waals surface area (Å²) in [4.78, 5) is 30.9. The number of amides is 1. The molecule has 1 N–H and O–H groups in total. The summed E-state index contributed by atoms with van der Waals surface area (Å²) in [6.07, 6.45) is 45.0. The van der Waals surface area contributed by atoms with Gasteiger partial charge >= 0.3 is 5.97 Å². The first-order valence-electron chi connectivity index (χ1n) is 24.6. The van der Waals surface area contributed by atoms with E-state index < -0.39 is 0 Å². The molecule has 0 heterocycles. The lowest BCUT2D eigenvalue weighted by Crippen LogP contribution is -2.31. The summed E-state index contributed by atoms with van der Waals surface area (Å²) >= 11 is 0. The second-order valence-corrected chi connectivity index (χ2v) is 18.0. The molecule has 0 aromatic carbocycles. The van der Waals surface area contributed by atoms with E-state index in [0.717, 1.165) is 25.7 Å². The van der Waals surface area contributed by atoms with Crippen molar-refractivity contribution >= 4 is 11.9 Å². The Kier molecular flexibility index (Phi) is 41.1. The van der Waals surface area contributed by atoms with Gasteiger partial charge in [-0.1, -0.05) is 200 Å². The van der Waals surface area contributed by atoms with Crippen LogP contribution >= 0.6 is 0 Å². The Morgan fingerprint density at radius 2 is 0.875 bits per heavy atom. The molecule has 0 aromatic heterocycles. The van der Waals surface area contributed by atoms with Crippen LogP contribution in [0, 0.1) is 0 Å². The Morgan fingerprint density at radius 3 is 1.23 bits per heavy atom. The molecule has 1 amide bonds. The van der Waals surface area contributed by atoms with Gasteiger partial charge in [0.1, 0.15) is 12.8 Å². The number of rotatable bonds is 44. The van der Waals surface area contributed by atoms with Gasteiger partial charge in [0.15, 0.2) is 0 Å². The second-order valence-electron chi connectivity index (χ2n) is 18.0. The molecule has 7 heteroatoms. The fourth-order valence-corrected chi connectivity index (χ4v) is 7.32. The van der Waals surface area contributed by atoms with Gasteiger partial charge in [0.25, 0.3) is 0 Å². The van der Waals surface area contributed by atoms with Crippen LogP contribution in [0.3, 0.4) is 0 Å². The van der Waals surface area contributed by atoms with Gasteiger partial charge < -0.3 is 14.8 Å². The van der Waals surface area contributed by atoms with E-state index in [1.165, 1.54) is 186 Å². The topological polar surface area (TPSA) is 77.1 Å². The third-order valence-corrected chi connectivity index (χ3v) is 11.0. The van der Waals surface area contributed by atoms with Gasteiger partial charge in [-0.05, 0) is 52.9 Å². The van der Waals surface area contributed by atoms with Crippen LogP contribution in [0.15, 0.2) is 0 Å². The van der Waals surface area contributed by atoms with Crippen LogP contribution in [0.1, 0.15) is 266 Å². The summed E-state index contributed by atoms with van der Waals surface area (Å²) in [5.41, 5.74) is -0.218. The first-order valence-corrected chi connectivity index (χ1v) is 24.6. The Hall–Kier alpha value is -1.18. The molecule has 0 fully saturated rings. The van der Waals surface area contributed by atoms with E-state index in [9.17, 15) is 9.59 Å². The predicted octanol–water partition coefficient (Wildman–Crippen LogP) is 14.7. The van der Waals surface area contributed by atoms with Crippen LogP contribution in [-0.2, 0) is 23.9 Å². The van der Waals surface area contributed by atoms with Crippen molar-refractivity contribution in [3.05, 3.63) is 0 Å². The van der Waals surface area contributed by atoms with Crippen molar-refractivity contribution < 1.29 is 23.9 Å². The van der Waals surface area contributed by atoms with E-state index in [4.69, 9.17) is 14.3 Å². The lowest BCUT2D eigenvalue weighted by Gasteiger charge is -2.24. The number of ether oxygens (including phenoxy) is 2. The minimum atomic E-state index is -0.230. The summed E-state index contributed by atoms with van der Waals surface area (Å²) in [6, 6.07) is 0. The zero-order valence-electron chi connectivity index (χ0n) is 38.6. The van der Waals surface area contributed by atoms with E-state index in [1.54, 1.807) is 5.06 Å². The van der Waals surface area contributed by atoms with Crippen molar-refractivity contribution in [1.29, 1.82) is 0 Å². The number of hydroxylamine groups is 2. The second kappa shape index (κ2) is 42.0. The van der Waals surface area contributed by atoms with Gasteiger partial charge in [0.05, 0.1) is 18.6 Å². The fraction of sp³-hybridized carbons (Fsp3) is 0.959. The van der Waals surface area contributed by atoms with Gasteiger partial charge in [-0.2, -0.15) is 5.06 Å². The van der Waals surface area contributed by atoms with E-state index in [1.807, 2.05) is 27.8 Å². The Morgan fingerprint density at radius 1 is 0.518 bits per heavy atom. The minimum absolute atomic E-state index is 0.0180. The average Bonchev–Trinajstić information content (AvgIpc) is 3.17. The molecule has 0 saturated carbocycles. The van der Waals surface area contributed by atoms with E-state index in [2.05, 4.69) is 19.2 Å². The molecule has 0 radical (unpaired) electrons. The summed E-state index contributed by atoms with van der Waals surface area (Å²) in [5.74, 6) is -0.338. The molecule has 0 aliphatic heterocycles. The molecular weight excluding hydrogens is 697 g/mol. The SMILES string of the molecule is CCCCCCCCCCCCCCCCCCC(CCCCCCCCCCCCCCCCC)OC(=O)CCC(=O)NCCCON(C)COC(C)(C)C. The first kappa shape index (κ1) is 54.8. The molecule has 0 aliphatic carbocycles. The highest BCUT2D eigenvalue weighted by Gasteiger charge is 2.16. The number of carbonyl (C=O) groups is 2. The van der Waals surface area contributed by atoms with Crippen LogP contribution in [0.2, 0.25) is 0 Å². The monoisotopic (exact) mass is 795 g/mol. The summed E-state index contributed by atoms with van der Waals surface area (Å²) < 4.78 is 11.7. The average molecular weight is 795 g/mol. The largest absolute Gasteiger partial charge is 0.462 e. The number of nitrogens with one attached hydrogen (secondary N) is 1. The number of carbonyl (C=O) groups excluding carboxylic acids is 2. The molecule has 334 valence electrons. The normalized spacial score (nSPS) is 12.4. The Labute approximate surface area is 349 Å². The number of esters is 1. The van der Waals surface area contributed by atoms with Crippen LogP contribution < -0.4 is 5.32 Å². The number of hydrogen-bond donors (Lipinski definition) is 1.